The molecule has 0 fully saturated rings. The van der Waals surface area contributed by atoms with Crippen molar-refractivity contribution in [3.8, 4) is 22.6 Å². The van der Waals surface area contributed by atoms with Crippen LogP contribution in [0.15, 0.2) is 65.6 Å². The third-order valence-corrected chi connectivity index (χ3v) is 4.84. The van der Waals surface area contributed by atoms with E-state index in [1.54, 1.807) is 30.3 Å². The summed E-state index contributed by atoms with van der Waals surface area (Å²) in [4.78, 5) is 36.2. The van der Waals surface area contributed by atoms with E-state index >= 15 is 0 Å². The molecule has 0 saturated carbocycles. The summed E-state index contributed by atoms with van der Waals surface area (Å²) in [7, 11) is 1.38. The fourth-order valence-electron chi connectivity index (χ4n) is 3.28. The number of aliphatic carboxylic acids is 1. The van der Waals surface area contributed by atoms with Crippen molar-refractivity contribution < 1.29 is 37.7 Å². The number of amides is 2. The van der Waals surface area contributed by atoms with Crippen LogP contribution in [0.3, 0.4) is 0 Å². The lowest BCUT2D eigenvalue weighted by Gasteiger charge is -2.20. The lowest BCUT2D eigenvalue weighted by atomic mass is 9.97. The number of urea groups is 1. The predicted molar refractivity (Wildman–Crippen MR) is 119 cm³/mol. The topological polar surface area (TPSA) is 130 Å². The highest BCUT2D eigenvalue weighted by molar-refractivity contribution is 5.91. The van der Waals surface area contributed by atoms with Gasteiger partial charge in [0.15, 0.2) is 5.69 Å². The van der Waals surface area contributed by atoms with Crippen molar-refractivity contribution in [2.24, 2.45) is 7.05 Å². The number of aromatic hydroxyl groups is 1. The lowest BCUT2D eigenvalue weighted by Crippen LogP contribution is -2.36. The number of hydrogen-bond donors (Lipinski definition) is 4. The molecule has 0 unspecified atom stereocenters. The minimum atomic E-state index is -5.01. The van der Waals surface area contributed by atoms with Crippen molar-refractivity contribution >= 4 is 17.7 Å². The summed E-state index contributed by atoms with van der Waals surface area (Å²) >= 11 is 0. The van der Waals surface area contributed by atoms with Crippen molar-refractivity contribution in [2.45, 2.75) is 18.8 Å². The van der Waals surface area contributed by atoms with Crippen molar-refractivity contribution in [1.82, 2.24) is 9.88 Å². The minimum absolute atomic E-state index is 0.00772. The molecule has 0 aliphatic carbocycles. The Hall–Kier alpha value is -4.48. The molecule has 0 saturated heterocycles. The van der Waals surface area contributed by atoms with Crippen LogP contribution < -0.4 is 20.9 Å². The van der Waals surface area contributed by atoms with Crippen LogP contribution in [0.1, 0.15) is 18.0 Å². The molecular formula is C23H20F3N3O6. The van der Waals surface area contributed by atoms with Gasteiger partial charge in [0.2, 0.25) is 0 Å². The number of anilines is 1. The molecule has 184 valence electrons. The molecule has 2 amide bonds. The number of carbonyl (C=O) groups excluding carboxylic acids is 1. The number of hydrogen-bond acceptors (Lipinski definition) is 5. The summed E-state index contributed by atoms with van der Waals surface area (Å²) in [5.41, 5.74) is -0.372. The third kappa shape index (κ3) is 6.76. The van der Waals surface area contributed by atoms with Crippen molar-refractivity contribution in [2.75, 3.05) is 5.32 Å². The Morgan fingerprint density at radius 2 is 1.77 bits per heavy atom. The van der Waals surface area contributed by atoms with Gasteiger partial charge in [-0.25, -0.2) is 4.79 Å². The Bertz CT molecular complexity index is 1290. The summed E-state index contributed by atoms with van der Waals surface area (Å²) in [6, 6.07) is 10.6. The second-order valence-corrected chi connectivity index (χ2v) is 7.45. The van der Waals surface area contributed by atoms with Gasteiger partial charge in [-0.2, -0.15) is 0 Å². The van der Waals surface area contributed by atoms with E-state index in [-0.39, 0.29) is 11.1 Å². The zero-order valence-electron chi connectivity index (χ0n) is 18.2. The molecule has 35 heavy (non-hydrogen) atoms. The van der Waals surface area contributed by atoms with E-state index < -0.39 is 53.6 Å². The number of alkyl halides is 3. The largest absolute Gasteiger partial charge is 0.573 e. The minimum Gasteiger partial charge on any atom is -0.505 e. The van der Waals surface area contributed by atoms with Crippen LogP contribution in [0.2, 0.25) is 0 Å². The smallest absolute Gasteiger partial charge is 0.505 e. The molecule has 1 atom stereocenters. The number of aryl methyl sites for hydroxylation is 1. The lowest BCUT2D eigenvalue weighted by molar-refractivity contribution is -0.274. The van der Waals surface area contributed by atoms with Gasteiger partial charge < -0.3 is 30.2 Å². The SMILES string of the molecule is Cn1ccc(O)c(NC(=O)N[C@@H](CC(=O)O)c2cc(OC(F)(F)F)cc(-c3ccccc3)c2)c1=O. The highest BCUT2D eigenvalue weighted by Crippen LogP contribution is 2.33. The number of benzene rings is 2. The molecule has 0 bridgehead atoms. The summed E-state index contributed by atoms with van der Waals surface area (Å²) < 4.78 is 43.9. The first kappa shape index (κ1) is 25.1. The average molecular weight is 491 g/mol. The molecule has 12 heteroatoms. The Morgan fingerprint density at radius 3 is 2.40 bits per heavy atom. The highest BCUT2D eigenvalue weighted by atomic mass is 19.4. The van der Waals surface area contributed by atoms with Crippen LogP contribution in [-0.4, -0.2) is 33.1 Å². The van der Waals surface area contributed by atoms with Crippen LogP contribution in [0.4, 0.5) is 23.7 Å². The predicted octanol–water partition coefficient (Wildman–Crippen LogP) is 3.99. The number of pyridine rings is 1. The van der Waals surface area contributed by atoms with E-state index in [1.165, 1.54) is 19.3 Å². The third-order valence-electron chi connectivity index (χ3n) is 4.84. The molecule has 0 aliphatic rings. The number of carboxylic acid groups (broad SMARTS) is 1. The summed E-state index contributed by atoms with van der Waals surface area (Å²) in [5.74, 6) is -2.48. The second kappa shape index (κ2) is 10.2. The zero-order chi connectivity index (χ0) is 25.8. The van der Waals surface area contributed by atoms with Crippen LogP contribution in [-0.2, 0) is 11.8 Å². The first-order valence-electron chi connectivity index (χ1n) is 10.1. The number of halogens is 3. The van der Waals surface area contributed by atoms with Gasteiger partial charge in [0, 0.05) is 13.2 Å². The molecule has 9 nitrogen and oxygen atoms in total. The summed E-state index contributed by atoms with van der Waals surface area (Å²) in [6.07, 6.45) is -4.44. The van der Waals surface area contributed by atoms with Crippen LogP contribution in [0.25, 0.3) is 11.1 Å². The van der Waals surface area contributed by atoms with Gasteiger partial charge in [0.25, 0.3) is 5.56 Å². The van der Waals surface area contributed by atoms with Gasteiger partial charge in [0.1, 0.15) is 11.5 Å². The van der Waals surface area contributed by atoms with E-state index in [9.17, 15) is 37.8 Å². The van der Waals surface area contributed by atoms with Gasteiger partial charge >= 0.3 is 18.4 Å². The molecule has 3 rings (SSSR count). The number of nitrogens with zero attached hydrogens (tertiary/aromatic N) is 1. The number of nitrogens with one attached hydrogen (secondary N) is 2. The van der Waals surface area contributed by atoms with E-state index in [1.807, 2.05) is 0 Å². The van der Waals surface area contributed by atoms with Gasteiger partial charge in [0.05, 0.1) is 12.5 Å². The van der Waals surface area contributed by atoms with E-state index in [4.69, 9.17) is 0 Å². The van der Waals surface area contributed by atoms with Gasteiger partial charge in [-0.1, -0.05) is 30.3 Å². The first-order chi connectivity index (χ1) is 16.4. The Labute approximate surface area is 196 Å². The zero-order valence-corrected chi connectivity index (χ0v) is 18.2. The molecule has 0 spiro atoms. The molecule has 0 radical (unpaired) electrons. The molecule has 2 aromatic carbocycles. The maximum atomic E-state index is 12.9. The molecule has 3 aromatic rings. The van der Waals surface area contributed by atoms with Crippen LogP contribution in [0.5, 0.6) is 11.5 Å². The molecular weight excluding hydrogens is 471 g/mol. The number of carbonyl (C=O) groups is 2. The van der Waals surface area contributed by atoms with E-state index in [0.717, 1.165) is 22.8 Å². The normalized spacial score (nSPS) is 12.0. The Morgan fingerprint density at radius 1 is 1.09 bits per heavy atom. The molecule has 4 N–H and O–H groups in total. The fourth-order valence-corrected chi connectivity index (χ4v) is 3.28. The van der Waals surface area contributed by atoms with E-state index in [0.29, 0.717) is 5.56 Å². The summed E-state index contributed by atoms with van der Waals surface area (Å²) in [6.45, 7) is 0. The number of carboxylic acids is 1. The number of aromatic nitrogens is 1. The fraction of sp³-hybridized carbons (Fsp3) is 0.174. The molecule has 1 heterocycles. The first-order valence-corrected chi connectivity index (χ1v) is 10.1. The summed E-state index contributed by atoms with van der Waals surface area (Å²) in [5, 5.41) is 23.7. The highest BCUT2D eigenvalue weighted by Gasteiger charge is 2.32. The second-order valence-electron chi connectivity index (χ2n) is 7.45. The van der Waals surface area contributed by atoms with Crippen molar-refractivity contribution in [1.29, 1.82) is 0 Å². The van der Waals surface area contributed by atoms with Crippen LogP contribution >= 0.6 is 0 Å². The van der Waals surface area contributed by atoms with Gasteiger partial charge in [-0.15, -0.1) is 13.2 Å². The Kier molecular flexibility index (Phi) is 7.33. The monoisotopic (exact) mass is 491 g/mol. The quantitative estimate of drug-likeness (QED) is 0.396. The maximum Gasteiger partial charge on any atom is 0.573 e. The standard InChI is InChI=1S/C23H20F3N3O6/c1-29-8-7-18(30)20(21(29)33)28-22(34)27-17(12-19(31)32)15-9-14(13-5-3-2-4-6-13)10-16(11-15)35-23(24,25)26/h2-11,17,30H,12H2,1H3,(H,31,32)(H2,27,28,34)/t17-/m0/s1. The van der Waals surface area contributed by atoms with Gasteiger partial charge in [-0.3, -0.25) is 9.59 Å². The Balaban J connectivity index is 1.99. The average Bonchev–Trinajstić information content (AvgIpc) is 2.78. The van der Waals surface area contributed by atoms with Gasteiger partial charge in [-0.05, 0) is 41.0 Å². The number of rotatable bonds is 7. The van der Waals surface area contributed by atoms with Crippen molar-refractivity contribution in [3.05, 3.63) is 76.7 Å². The van der Waals surface area contributed by atoms with E-state index in [2.05, 4.69) is 15.4 Å². The molecule has 0 aliphatic heterocycles. The number of ether oxygens (including phenoxy) is 1. The van der Waals surface area contributed by atoms with Crippen LogP contribution in [0, 0.1) is 0 Å². The maximum absolute atomic E-state index is 12.9. The molecule has 1 aromatic heterocycles. The van der Waals surface area contributed by atoms with Crippen molar-refractivity contribution in [3.63, 3.8) is 0 Å².